The van der Waals surface area contributed by atoms with Crippen LogP contribution in [-0.2, 0) is 11.3 Å². The Morgan fingerprint density at radius 2 is 2.33 bits per heavy atom. The molecular formula is C10H12BrN3O. The number of aromatic nitrogens is 3. The Morgan fingerprint density at radius 3 is 3.13 bits per heavy atom. The van der Waals surface area contributed by atoms with E-state index in [0.29, 0.717) is 0 Å². The van der Waals surface area contributed by atoms with Gasteiger partial charge in [0.1, 0.15) is 5.52 Å². The van der Waals surface area contributed by atoms with Gasteiger partial charge in [-0.2, -0.15) is 0 Å². The van der Waals surface area contributed by atoms with Crippen LogP contribution in [0.1, 0.15) is 6.42 Å². The Bertz CT molecular complexity index is 455. The average molecular weight is 270 g/mol. The number of nitrogens with zero attached hydrogens (tertiary/aromatic N) is 3. The summed E-state index contributed by atoms with van der Waals surface area (Å²) >= 11 is 3.45. The van der Waals surface area contributed by atoms with Gasteiger partial charge >= 0.3 is 0 Å². The number of rotatable bonds is 4. The number of ether oxygens (including phenoxy) is 1. The summed E-state index contributed by atoms with van der Waals surface area (Å²) < 4.78 is 7.89. The number of hydrogen-bond donors (Lipinski definition) is 0. The topological polar surface area (TPSA) is 39.9 Å². The van der Waals surface area contributed by atoms with Crippen molar-refractivity contribution in [1.29, 1.82) is 0 Å². The maximum atomic E-state index is 5.01. The van der Waals surface area contributed by atoms with Crippen molar-refractivity contribution in [3.63, 3.8) is 0 Å². The molecule has 1 heterocycles. The summed E-state index contributed by atoms with van der Waals surface area (Å²) in [5.74, 6) is 0. The normalized spacial score (nSPS) is 11.1. The number of fused-ring (bicyclic) bond motifs is 1. The minimum absolute atomic E-state index is 0.745. The summed E-state index contributed by atoms with van der Waals surface area (Å²) in [6, 6.07) is 5.98. The Labute approximate surface area is 96.3 Å². The molecule has 0 N–H and O–H groups in total. The van der Waals surface area contributed by atoms with Gasteiger partial charge in [-0.3, -0.25) is 0 Å². The number of benzene rings is 1. The Hall–Kier alpha value is -0.940. The monoisotopic (exact) mass is 269 g/mol. The Morgan fingerprint density at radius 1 is 1.47 bits per heavy atom. The van der Waals surface area contributed by atoms with Crippen LogP contribution < -0.4 is 0 Å². The first kappa shape index (κ1) is 10.6. The Kier molecular flexibility index (Phi) is 3.33. The van der Waals surface area contributed by atoms with E-state index >= 15 is 0 Å². The second kappa shape index (κ2) is 4.72. The zero-order valence-corrected chi connectivity index (χ0v) is 10.1. The summed E-state index contributed by atoms with van der Waals surface area (Å²) in [6.07, 6.45) is 0.946. The van der Waals surface area contributed by atoms with Gasteiger partial charge in [0, 0.05) is 24.7 Å². The third-order valence-corrected chi connectivity index (χ3v) is 2.85. The fourth-order valence-electron chi connectivity index (χ4n) is 1.48. The highest BCUT2D eigenvalue weighted by Gasteiger charge is 2.06. The Balaban J connectivity index is 2.25. The fourth-order valence-corrected chi connectivity index (χ4v) is 1.92. The molecule has 0 fully saturated rings. The molecule has 0 saturated carbocycles. The molecule has 0 spiro atoms. The van der Waals surface area contributed by atoms with Crippen LogP contribution in [0.25, 0.3) is 11.0 Å². The molecule has 2 rings (SSSR count). The molecule has 0 unspecified atom stereocenters. The molecule has 2 aromatic rings. The molecule has 80 valence electrons. The zero-order chi connectivity index (χ0) is 10.7. The minimum Gasteiger partial charge on any atom is -0.385 e. The van der Waals surface area contributed by atoms with Crippen LogP contribution in [0.3, 0.4) is 0 Å². The lowest BCUT2D eigenvalue weighted by Crippen LogP contribution is -2.03. The maximum absolute atomic E-state index is 5.01. The van der Waals surface area contributed by atoms with Gasteiger partial charge in [-0.05, 0) is 34.5 Å². The molecule has 0 radical (unpaired) electrons. The summed E-state index contributed by atoms with van der Waals surface area (Å²) in [5.41, 5.74) is 1.97. The summed E-state index contributed by atoms with van der Waals surface area (Å²) in [4.78, 5) is 0. The van der Waals surface area contributed by atoms with Gasteiger partial charge in [-0.15, -0.1) is 5.10 Å². The number of methoxy groups -OCH3 is 1. The second-order valence-electron chi connectivity index (χ2n) is 3.27. The van der Waals surface area contributed by atoms with E-state index in [4.69, 9.17) is 4.74 Å². The lowest BCUT2D eigenvalue weighted by molar-refractivity contribution is 0.189. The van der Waals surface area contributed by atoms with E-state index in [1.54, 1.807) is 7.11 Å². The first-order valence-electron chi connectivity index (χ1n) is 4.79. The van der Waals surface area contributed by atoms with Crippen molar-refractivity contribution in [2.45, 2.75) is 13.0 Å². The van der Waals surface area contributed by atoms with Gasteiger partial charge in [0.25, 0.3) is 0 Å². The average Bonchev–Trinajstić information content (AvgIpc) is 2.64. The standard InChI is InChI=1S/C10H12BrN3O/c1-15-7-3-6-14-9-5-2-4-8(11)10(9)12-13-14/h2,4-5H,3,6-7H2,1H3. The fraction of sp³-hybridized carbons (Fsp3) is 0.400. The van der Waals surface area contributed by atoms with Crippen LogP contribution in [0.2, 0.25) is 0 Å². The highest BCUT2D eigenvalue weighted by atomic mass is 79.9. The van der Waals surface area contributed by atoms with E-state index in [-0.39, 0.29) is 0 Å². The van der Waals surface area contributed by atoms with E-state index < -0.39 is 0 Å². The molecule has 0 aliphatic heterocycles. The predicted octanol–water partition coefficient (Wildman–Crippen LogP) is 2.23. The van der Waals surface area contributed by atoms with E-state index in [0.717, 1.165) is 35.1 Å². The first-order valence-corrected chi connectivity index (χ1v) is 5.59. The molecule has 15 heavy (non-hydrogen) atoms. The molecule has 1 aromatic heterocycles. The molecule has 0 bridgehead atoms. The summed E-state index contributed by atoms with van der Waals surface area (Å²) in [5, 5.41) is 8.23. The van der Waals surface area contributed by atoms with Gasteiger partial charge in [-0.25, -0.2) is 4.68 Å². The van der Waals surface area contributed by atoms with E-state index in [1.165, 1.54) is 0 Å². The van der Waals surface area contributed by atoms with Crippen LogP contribution in [0.4, 0.5) is 0 Å². The van der Waals surface area contributed by atoms with Crippen molar-refractivity contribution in [3.8, 4) is 0 Å². The third kappa shape index (κ3) is 2.18. The van der Waals surface area contributed by atoms with Gasteiger partial charge in [0.15, 0.2) is 0 Å². The molecule has 4 nitrogen and oxygen atoms in total. The van der Waals surface area contributed by atoms with Crippen molar-refractivity contribution < 1.29 is 4.74 Å². The lowest BCUT2D eigenvalue weighted by atomic mass is 10.3. The SMILES string of the molecule is COCCCn1nnc2c(Br)cccc21. The van der Waals surface area contributed by atoms with Gasteiger partial charge in [-0.1, -0.05) is 11.3 Å². The van der Waals surface area contributed by atoms with E-state index in [9.17, 15) is 0 Å². The molecule has 5 heteroatoms. The van der Waals surface area contributed by atoms with Crippen LogP contribution in [0.15, 0.2) is 22.7 Å². The van der Waals surface area contributed by atoms with Gasteiger partial charge in [0.2, 0.25) is 0 Å². The number of hydrogen-bond acceptors (Lipinski definition) is 3. The highest BCUT2D eigenvalue weighted by molar-refractivity contribution is 9.10. The smallest absolute Gasteiger partial charge is 0.127 e. The maximum Gasteiger partial charge on any atom is 0.127 e. The first-order chi connectivity index (χ1) is 7.33. The number of halogens is 1. The molecule has 1 aromatic carbocycles. The van der Waals surface area contributed by atoms with Crippen LogP contribution in [-0.4, -0.2) is 28.7 Å². The third-order valence-electron chi connectivity index (χ3n) is 2.21. The molecular weight excluding hydrogens is 258 g/mol. The van der Waals surface area contributed by atoms with Gasteiger partial charge in [0.05, 0.1) is 5.52 Å². The molecule has 0 amide bonds. The van der Waals surface area contributed by atoms with Crippen molar-refractivity contribution in [1.82, 2.24) is 15.0 Å². The largest absolute Gasteiger partial charge is 0.385 e. The van der Waals surface area contributed by atoms with Crippen molar-refractivity contribution in [3.05, 3.63) is 22.7 Å². The van der Waals surface area contributed by atoms with Crippen molar-refractivity contribution in [2.24, 2.45) is 0 Å². The van der Waals surface area contributed by atoms with E-state index in [2.05, 4.69) is 26.2 Å². The highest BCUT2D eigenvalue weighted by Crippen LogP contribution is 2.20. The summed E-state index contributed by atoms with van der Waals surface area (Å²) in [6.45, 7) is 1.58. The molecule has 0 aliphatic rings. The number of aryl methyl sites for hydroxylation is 1. The summed E-state index contributed by atoms with van der Waals surface area (Å²) in [7, 11) is 1.70. The second-order valence-corrected chi connectivity index (χ2v) is 4.12. The van der Waals surface area contributed by atoms with Crippen molar-refractivity contribution in [2.75, 3.05) is 13.7 Å². The van der Waals surface area contributed by atoms with Crippen molar-refractivity contribution >= 4 is 27.0 Å². The van der Waals surface area contributed by atoms with Gasteiger partial charge < -0.3 is 4.74 Å². The molecule has 0 atom stereocenters. The van der Waals surface area contributed by atoms with E-state index in [1.807, 2.05) is 22.9 Å². The van der Waals surface area contributed by atoms with Crippen LogP contribution in [0, 0.1) is 0 Å². The molecule has 0 aliphatic carbocycles. The quantitative estimate of drug-likeness (QED) is 0.800. The van der Waals surface area contributed by atoms with Crippen LogP contribution >= 0.6 is 15.9 Å². The molecule has 0 saturated heterocycles. The lowest BCUT2D eigenvalue weighted by Gasteiger charge is -2.01. The zero-order valence-electron chi connectivity index (χ0n) is 8.48. The minimum atomic E-state index is 0.745. The van der Waals surface area contributed by atoms with Crippen LogP contribution in [0.5, 0.6) is 0 Å². The predicted molar refractivity (Wildman–Crippen MR) is 61.7 cm³/mol.